The van der Waals surface area contributed by atoms with E-state index in [2.05, 4.69) is 0 Å². The number of fused-ring (bicyclic) bond motifs is 1. The number of benzene rings is 2. The van der Waals surface area contributed by atoms with E-state index >= 15 is 0 Å². The maximum atomic E-state index is 12.5. The van der Waals surface area contributed by atoms with Gasteiger partial charge in [0.1, 0.15) is 23.5 Å². The fourth-order valence-electron chi connectivity index (χ4n) is 2.80. The molecule has 1 aromatic heterocycles. The number of methoxy groups -OCH3 is 1. The second-order valence-corrected chi connectivity index (χ2v) is 6.80. The van der Waals surface area contributed by atoms with E-state index in [1.807, 2.05) is 37.4 Å². The van der Waals surface area contributed by atoms with Crippen LogP contribution in [0.3, 0.4) is 0 Å². The molecule has 0 aliphatic rings. The van der Waals surface area contributed by atoms with Gasteiger partial charge in [-0.25, -0.2) is 9.59 Å². The van der Waals surface area contributed by atoms with Crippen LogP contribution < -0.4 is 10.4 Å². The van der Waals surface area contributed by atoms with E-state index in [1.54, 1.807) is 23.9 Å². The molecule has 0 spiro atoms. The number of aryl methyl sites for hydroxylation is 1. The minimum atomic E-state index is -0.508. The molecule has 140 valence electrons. The molecular formula is C21H20O5S. The van der Waals surface area contributed by atoms with Gasteiger partial charge in [-0.15, -0.1) is 11.8 Å². The SMILES string of the molecule is CCc1ccc2c(COC(=O)c3ccc(SC)cc3OC)cc(=O)oc2c1. The number of hydrogen-bond donors (Lipinski definition) is 0. The molecule has 0 radical (unpaired) electrons. The molecule has 3 aromatic rings. The van der Waals surface area contributed by atoms with Crippen molar-refractivity contribution in [2.45, 2.75) is 24.8 Å². The van der Waals surface area contributed by atoms with Crippen molar-refractivity contribution in [3.63, 3.8) is 0 Å². The van der Waals surface area contributed by atoms with Gasteiger partial charge in [0.15, 0.2) is 0 Å². The topological polar surface area (TPSA) is 65.7 Å². The molecule has 0 saturated carbocycles. The second kappa shape index (κ2) is 8.31. The second-order valence-electron chi connectivity index (χ2n) is 5.92. The first-order valence-corrected chi connectivity index (χ1v) is 9.73. The highest BCUT2D eigenvalue weighted by Crippen LogP contribution is 2.26. The average Bonchev–Trinajstić information content (AvgIpc) is 2.70. The van der Waals surface area contributed by atoms with Crippen molar-refractivity contribution in [2.75, 3.05) is 13.4 Å². The predicted molar refractivity (Wildman–Crippen MR) is 106 cm³/mol. The molecule has 0 unspecified atom stereocenters. The maximum absolute atomic E-state index is 12.5. The summed E-state index contributed by atoms with van der Waals surface area (Å²) >= 11 is 1.56. The Morgan fingerprint density at radius 1 is 1.15 bits per heavy atom. The molecule has 0 aliphatic carbocycles. The minimum absolute atomic E-state index is 0.0279. The third-order valence-electron chi connectivity index (χ3n) is 4.29. The van der Waals surface area contributed by atoms with Crippen LogP contribution in [0.25, 0.3) is 11.0 Å². The van der Waals surface area contributed by atoms with Crippen LogP contribution in [-0.2, 0) is 17.8 Å². The maximum Gasteiger partial charge on any atom is 0.342 e. The normalized spacial score (nSPS) is 10.8. The average molecular weight is 384 g/mol. The summed E-state index contributed by atoms with van der Waals surface area (Å²) in [6.07, 6.45) is 2.79. The van der Waals surface area contributed by atoms with Crippen LogP contribution in [0.2, 0.25) is 0 Å². The first kappa shape index (κ1) is 19.0. The highest BCUT2D eigenvalue weighted by atomic mass is 32.2. The fourth-order valence-corrected chi connectivity index (χ4v) is 3.23. The number of carbonyl (C=O) groups excluding carboxylic acids is 1. The first-order chi connectivity index (χ1) is 13.0. The summed E-state index contributed by atoms with van der Waals surface area (Å²) in [7, 11) is 1.51. The lowest BCUT2D eigenvalue weighted by Crippen LogP contribution is -2.09. The van der Waals surface area contributed by atoms with E-state index in [9.17, 15) is 9.59 Å². The lowest BCUT2D eigenvalue weighted by atomic mass is 10.1. The van der Waals surface area contributed by atoms with Gasteiger partial charge in [0.25, 0.3) is 0 Å². The lowest BCUT2D eigenvalue weighted by Gasteiger charge is -2.11. The summed E-state index contributed by atoms with van der Waals surface area (Å²) in [5, 5.41) is 0.754. The molecule has 0 N–H and O–H groups in total. The van der Waals surface area contributed by atoms with Gasteiger partial charge in [-0.1, -0.05) is 19.1 Å². The Balaban J connectivity index is 1.86. The van der Waals surface area contributed by atoms with Crippen LogP contribution >= 0.6 is 11.8 Å². The Bertz CT molecular complexity index is 1040. The molecular weight excluding hydrogens is 364 g/mol. The molecule has 27 heavy (non-hydrogen) atoms. The molecule has 0 atom stereocenters. The molecule has 5 nitrogen and oxygen atoms in total. The Morgan fingerprint density at radius 3 is 2.67 bits per heavy atom. The van der Waals surface area contributed by atoms with Crippen molar-refractivity contribution >= 4 is 28.7 Å². The minimum Gasteiger partial charge on any atom is -0.496 e. The third-order valence-corrected chi connectivity index (χ3v) is 5.02. The monoisotopic (exact) mass is 384 g/mol. The van der Waals surface area contributed by atoms with E-state index in [-0.39, 0.29) is 6.61 Å². The van der Waals surface area contributed by atoms with Crippen molar-refractivity contribution in [1.29, 1.82) is 0 Å². The predicted octanol–water partition coefficient (Wildman–Crippen LogP) is 4.44. The van der Waals surface area contributed by atoms with Crippen molar-refractivity contribution in [1.82, 2.24) is 0 Å². The van der Waals surface area contributed by atoms with Crippen molar-refractivity contribution in [3.05, 3.63) is 69.6 Å². The molecule has 3 rings (SSSR count). The number of ether oxygens (including phenoxy) is 2. The van der Waals surface area contributed by atoms with E-state index < -0.39 is 11.6 Å². The quantitative estimate of drug-likeness (QED) is 0.356. The Hall–Kier alpha value is -2.73. The number of thioether (sulfide) groups is 1. The summed E-state index contributed by atoms with van der Waals surface area (Å²) in [5.41, 5.74) is 2.05. The standard InChI is InChI=1S/C21H20O5S/c1-4-13-5-7-16-14(10-20(22)26-19(16)9-13)12-25-21(23)17-8-6-15(27-3)11-18(17)24-2/h5-11H,4,12H2,1-3H3. The summed E-state index contributed by atoms with van der Waals surface area (Å²) in [6, 6.07) is 12.4. The van der Waals surface area contributed by atoms with E-state index in [1.165, 1.54) is 13.2 Å². The van der Waals surface area contributed by atoms with E-state index in [4.69, 9.17) is 13.9 Å². The van der Waals surface area contributed by atoms with E-state index in [0.717, 1.165) is 22.3 Å². The Kier molecular flexibility index (Phi) is 5.86. The zero-order valence-electron chi connectivity index (χ0n) is 15.4. The Morgan fingerprint density at radius 2 is 1.96 bits per heavy atom. The van der Waals surface area contributed by atoms with Crippen LogP contribution in [0.5, 0.6) is 5.75 Å². The Labute approximate surface area is 161 Å². The molecule has 0 saturated heterocycles. The zero-order valence-corrected chi connectivity index (χ0v) is 16.2. The van der Waals surface area contributed by atoms with Crippen molar-refractivity contribution in [2.24, 2.45) is 0 Å². The smallest absolute Gasteiger partial charge is 0.342 e. The number of hydrogen-bond acceptors (Lipinski definition) is 6. The third kappa shape index (κ3) is 4.17. The molecule has 6 heteroatoms. The van der Waals surface area contributed by atoms with Gasteiger partial charge < -0.3 is 13.9 Å². The van der Waals surface area contributed by atoms with Crippen molar-refractivity contribution < 1.29 is 18.7 Å². The van der Waals surface area contributed by atoms with Gasteiger partial charge in [-0.2, -0.15) is 0 Å². The molecule has 0 fully saturated rings. The van der Waals surface area contributed by atoms with Crippen LogP contribution in [0, 0.1) is 0 Å². The van der Waals surface area contributed by atoms with Crippen LogP contribution in [0.1, 0.15) is 28.4 Å². The van der Waals surface area contributed by atoms with Gasteiger partial charge in [-0.3, -0.25) is 0 Å². The number of carbonyl (C=O) groups is 1. The van der Waals surface area contributed by atoms with Gasteiger partial charge in [0, 0.05) is 21.9 Å². The highest BCUT2D eigenvalue weighted by molar-refractivity contribution is 7.98. The summed E-state index contributed by atoms with van der Waals surface area (Å²) < 4.78 is 16.0. The zero-order chi connectivity index (χ0) is 19.4. The molecule has 0 amide bonds. The fraction of sp³-hybridized carbons (Fsp3) is 0.238. The number of rotatable bonds is 6. The summed E-state index contributed by atoms with van der Waals surface area (Å²) in [5.74, 6) is -0.0528. The summed E-state index contributed by atoms with van der Waals surface area (Å²) in [4.78, 5) is 25.4. The van der Waals surface area contributed by atoms with Gasteiger partial charge in [-0.05, 0) is 42.5 Å². The van der Waals surface area contributed by atoms with Gasteiger partial charge in [0.2, 0.25) is 0 Å². The van der Waals surface area contributed by atoms with Crippen LogP contribution in [-0.4, -0.2) is 19.3 Å². The largest absolute Gasteiger partial charge is 0.496 e. The van der Waals surface area contributed by atoms with Crippen molar-refractivity contribution in [3.8, 4) is 5.75 Å². The lowest BCUT2D eigenvalue weighted by molar-refractivity contribution is 0.0470. The van der Waals surface area contributed by atoms with Gasteiger partial charge in [0.05, 0.1) is 7.11 Å². The van der Waals surface area contributed by atoms with E-state index in [0.29, 0.717) is 22.5 Å². The number of esters is 1. The van der Waals surface area contributed by atoms with Gasteiger partial charge >= 0.3 is 11.6 Å². The first-order valence-electron chi connectivity index (χ1n) is 8.50. The molecule has 0 bridgehead atoms. The molecule has 1 heterocycles. The highest BCUT2D eigenvalue weighted by Gasteiger charge is 2.16. The molecule has 0 aliphatic heterocycles. The van der Waals surface area contributed by atoms with Crippen LogP contribution in [0.15, 0.2) is 56.6 Å². The summed E-state index contributed by atoms with van der Waals surface area (Å²) in [6.45, 7) is 2.00. The van der Waals surface area contributed by atoms with Crippen LogP contribution in [0.4, 0.5) is 0 Å². The molecule has 2 aromatic carbocycles.